The minimum atomic E-state index is -0.926. The van der Waals surface area contributed by atoms with E-state index in [0.29, 0.717) is 32.9 Å². The van der Waals surface area contributed by atoms with Gasteiger partial charge in [-0.1, -0.05) is 0 Å². The third-order valence-corrected chi connectivity index (χ3v) is 2.99. The van der Waals surface area contributed by atoms with Gasteiger partial charge in [-0.3, -0.25) is 4.79 Å². The molecule has 0 aromatic rings. The predicted octanol–water partition coefficient (Wildman–Crippen LogP) is 0.250. The summed E-state index contributed by atoms with van der Waals surface area (Å²) in [5.74, 6) is -0.926. The van der Waals surface area contributed by atoms with E-state index in [1.54, 1.807) is 16.8 Å². The smallest absolute Gasteiger partial charge is 0.320 e. The van der Waals surface area contributed by atoms with Crippen LogP contribution in [0.5, 0.6) is 0 Å². The van der Waals surface area contributed by atoms with Gasteiger partial charge in [-0.2, -0.15) is 0 Å². The topological polar surface area (TPSA) is 79.3 Å². The van der Waals surface area contributed by atoms with E-state index >= 15 is 0 Å². The van der Waals surface area contributed by atoms with Crippen LogP contribution < -0.4 is 0 Å². The van der Waals surface area contributed by atoms with Gasteiger partial charge in [0.2, 0.25) is 0 Å². The van der Waals surface area contributed by atoms with E-state index in [1.807, 2.05) is 6.92 Å². The molecule has 7 nitrogen and oxygen atoms in total. The zero-order valence-corrected chi connectivity index (χ0v) is 11.5. The zero-order valence-electron chi connectivity index (χ0n) is 11.5. The average molecular weight is 274 g/mol. The van der Waals surface area contributed by atoms with Gasteiger partial charge in [-0.25, -0.2) is 4.79 Å². The van der Waals surface area contributed by atoms with Gasteiger partial charge in [-0.05, 0) is 6.92 Å². The maximum absolute atomic E-state index is 12.2. The minimum absolute atomic E-state index is 0.0922. The molecule has 1 rings (SSSR count). The van der Waals surface area contributed by atoms with Crippen LogP contribution in [-0.2, 0) is 14.3 Å². The van der Waals surface area contributed by atoms with Crippen molar-refractivity contribution in [1.82, 2.24) is 9.80 Å². The van der Waals surface area contributed by atoms with Crippen LogP contribution in [0.4, 0.5) is 4.79 Å². The Morgan fingerprint density at radius 3 is 2.89 bits per heavy atom. The van der Waals surface area contributed by atoms with Gasteiger partial charge in [0.25, 0.3) is 0 Å². The molecule has 0 radical (unpaired) electrons. The summed E-state index contributed by atoms with van der Waals surface area (Å²) in [4.78, 5) is 26.1. The first-order valence-corrected chi connectivity index (χ1v) is 6.45. The number of likely N-dealkylation sites (N-methyl/N-ethyl adjacent to an activating group) is 1. The van der Waals surface area contributed by atoms with E-state index < -0.39 is 12.0 Å². The summed E-state index contributed by atoms with van der Waals surface area (Å²) in [6, 6.07) is -0.567. The second-order valence-electron chi connectivity index (χ2n) is 4.42. The van der Waals surface area contributed by atoms with Gasteiger partial charge in [0.05, 0.1) is 32.3 Å². The van der Waals surface area contributed by atoms with E-state index in [1.165, 1.54) is 0 Å². The molecule has 0 saturated carbocycles. The molecule has 7 heteroatoms. The molecule has 1 atom stereocenters. The van der Waals surface area contributed by atoms with Crippen LogP contribution in [0, 0.1) is 0 Å². The van der Waals surface area contributed by atoms with Crippen molar-refractivity contribution in [3.05, 3.63) is 0 Å². The Labute approximate surface area is 113 Å². The van der Waals surface area contributed by atoms with Crippen LogP contribution in [0.25, 0.3) is 0 Å². The highest BCUT2D eigenvalue weighted by atomic mass is 16.5. The molecular weight excluding hydrogens is 252 g/mol. The molecule has 0 aliphatic carbocycles. The molecule has 1 unspecified atom stereocenters. The molecule has 1 aliphatic heterocycles. The van der Waals surface area contributed by atoms with Gasteiger partial charge in [0, 0.05) is 26.7 Å². The number of carboxylic acid groups (broad SMARTS) is 1. The summed E-state index contributed by atoms with van der Waals surface area (Å²) < 4.78 is 10.4. The first-order chi connectivity index (χ1) is 9.06. The molecule has 1 heterocycles. The summed E-state index contributed by atoms with van der Waals surface area (Å²) in [5, 5.41) is 8.85. The van der Waals surface area contributed by atoms with Crippen molar-refractivity contribution < 1.29 is 24.2 Å². The van der Waals surface area contributed by atoms with Crippen molar-refractivity contribution in [2.24, 2.45) is 0 Å². The van der Waals surface area contributed by atoms with E-state index in [9.17, 15) is 9.59 Å². The highest BCUT2D eigenvalue weighted by Crippen LogP contribution is 2.13. The number of rotatable bonds is 6. The number of amides is 2. The first kappa shape index (κ1) is 15.7. The average Bonchev–Trinajstić information content (AvgIpc) is 2.38. The standard InChI is InChI=1S/C12H22N2O5/c1-3-18-6-4-13(2)12(17)14-5-7-19-9-10(14)8-11(15)16/h10H,3-9H2,1-2H3,(H,15,16). The van der Waals surface area contributed by atoms with Crippen molar-refractivity contribution in [2.45, 2.75) is 19.4 Å². The Morgan fingerprint density at radius 2 is 2.26 bits per heavy atom. The Kier molecular flexibility index (Phi) is 6.58. The lowest BCUT2D eigenvalue weighted by molar-refractivity contribution is -0.139. The monoisotopic (exact) mass is 274 g/mol. The first-order valence-electron chi connectivity index (χ1n) is 6.45. The van der Waals surface area contributed by atoms with Gasteiger partial charge in [0.1, 0.15) is 0 Å². The second kappa shape index (κ2) is 7.96. The van der Waals surface area contributed by atoms with Crippen molar-refractivity contribution in [3.8, 4) is 0 Å². The van der Waals surface area contributed by atoms with E-state index in [-0.39, 0.29) is 19.1 Å². The fourth-order valence-electron chi connectivity index (χ4n) is 1.94. The number of hydrogen-bond donors (Lipinski definition) is 1. The molecular formula is C12H22N2O5. The number of aliphatic carboxylic acids is 1. The Bertz CT molecular complexity index is 310. The number of nitrogens with zero attached hydrogens (tertiary/aromatic N) is 2. The van der Waals surface area contributed by atoms with Crippen LogP contribution in [0.3, 0.4) is 0 Å². The molecule has 2 amide bonds. The molecule has 0 spiro atoms. The lowest BCUT2D eigenvalue weighted by atomic mass is 10.1. The maximum Gasteiger partial charge on any atom is 0.320 e. The van der Waals surface area contributed by atoms with Crippen LogP contribution in [-0.4, -0.2) is 79.5 Å². The third-order valence-electron chi connectivity index (χ3n) is 2.99. The maximum atomic E-state index is 12.2. The number of urea groups is 1. The second-order valence-corrected chi connectivity index (χ2v) is 4.42. The van der Waals surface area contributed by atoms with Gasteiger partial charge in [-0.15, -0.1) is 0 Å². The third kappa shape index (κ3) is 5.04. The number of carbonyl (C=O) groups excluding carboxylic acids is 1. The quantitative estimate of drug-likeness (QED) is 0.702. The van der Waals surface area contributed by atoms with Crippen molar-refractivity contribution >= 4 is 12.0 Å². The number of ether oxygens (including phenoxy) is 2. The van der Waals surface area contributed by atoms with Crippen LogP contribution in [0.15, 0.2) is 0 Å². The Hall–Kier alpha value is -1.34. The molecule has 19 heavy (non-hydrogen) atoms. The van der Waals surface area contributed by atoms with Crippen LogP contribution in [0.1, 0.15) is 13.3 Å². The Balaban J connectivity index is 2.53. The SMILES string of the molecule is CCOCCN(C)C(=O)N1CCOCC1CC(=O)O. The lowest BCUT2D eigenvalue weighted by Gasteiger charge is -2.37. The van der Waals surface area contributed by atoms with Crippen LogP contribution in [0.2, 0.25) is 0 Å². The van der Waals surface area contributed by atoms with Gasteiger partial charge >= 0.3 is 12.0 Å². The summed E-state index contributed by atoms with van der Waals surface area (Å²) in [5.41, 5.74) is 0. The molecule has 110 valence electrons. The summed E-state index contributed by atoms with van der Waals surface area (Å²) in [6.45, 7) is 4.62. The highest BCUT2D eigenvalue weighted by Gasteiger charge is 2.30. The minimum Gasteiger partial charge on any atom is -0.481 e. The molecule has 0 aromatic heterocycles. The predicted molar refractivity (Wildman–Crippen MR) is 68.1 cm³/mol. The molecule has 1 fully saturated rings. The fourth-order valence-corrected chi connectivity index (χ4v) is 1.94. The molecule has 0 bridgehead atoms. The summed E-state index contributed by atoms with van der Waals surface area (Å²) >= 11 is 0. The molecule has 1 saturated heterocycles. The normalized spacial score (nSPS) is 19.3. The summed E-state index contributed by atoms with van der Waals surface area (Å²) in [7, 11) is 1.69. The van der Waals surface area contributed by atoms with E-state index in [4.69, 9.17) is 14.6 Å². The highest BCUT2D eigenvalue weighted by molar-refractivity contribution is 5.76. The van der Waals surface area contributed by atoms with Crippen molar-refractivity contribution in [1.29, 1.82) is 0 Å². The van der Waals surface area contributed by atoms with Crippen LogP contribution >= 0.6 is 0 Å². The van der Waals surface area contributed by atoms with E-state index in [2.05, 4.69) is 0 Å². The molecule has 1 N–H and O–H groups in total. The number of carboxylic acids is 1. The number of hydrogen-bond acceptors (Lipinski definition) is 4. The molecule has 1 aliphatic rings. The number of carbonyl (C=O) groups is 2. The van der Waals surface area contributed by atoms with Crippen molar-refractivity contribution in [2.75, 3.05) is 46.6 Å². The van der Waals surface area contributed by atoms with Gasteiger partial charge < -0.3 is 24.4 Å². The van der Waals surface area contributed by atoms with E-state index in [0.717, 1.165) is 0 Å². The fraction of sp³-hybridized carbons (Fsp3) is 0.833. The number of morpholine rings is 1. The largest absolute Gasteiger partial charge is 0.481 e. The molecule has 0 aromatic carbocycles. The summed E-state index contributed by atoms with van der Waals surface area (Å²) in [6.07, 6.45) is -0.0922. The lowest BCUT2D eigenvalue weighted by Crippen LogP contribution is -2.53. The van der Waals surface area contributed by atoms with Crippen molar-refractivity contribution in [3.63, 3.8) is 0 Å². The Morgan fingerprint density at radius 1 is 1.53 bits per heavy atom. The van der Waals surface area contributed by atoms with Gasteiger partial charge in [0.15, 0.2) is 0 Å². The zero-order chi connectivity index (χ0) is 14.3.